The van der Waals surface area contributed by atoms with Crippen LogP contribution in [0.3, 0.4) is 0 Å². The number of nitrogens with zero attached hydrogens (tertiary/aromatic N) is 1. The molecule has 0 bridgehead atoms. The van der Waals surface area contributed by atoms with E-state index in [1.807, 2.05) is 21.1 Å². The number of quaternary nitrogens is 1. The molecule has 74 heavy (non-hydrogen) atoms. The van der Waals surface area contributed by atoms with Crippen LogP contribution in [0.5, 0.6) is 0 Å². The lowest BCUT2D eigenvalue weighted by Crippen LogP contribution is -2.37. The Morgan fingerprint density at radius 3 is 1.15 bits per heavy atom. The van der Waals surface area contributed by atoms with Crippen LogP contribution in [-0.4, -0.2) is 70.0 Å². The summed E-state index contributed by atoms with van der Waals surface area (Å²) in [5.41, 5.74) is 0. The van der Waals surface area contributed by atoms with Gasteiger partial charge in [-0.1, -0.05) is 288 Å². The van der Waals surface area contributed by atoms with Crippen molar-refractivity contribution in [2.24, 2.45) is 0 Å². The predicted octanol–water partition coefficient (Wildman–Crippen LogP) is 19.3. The summed E-state index contributed by atoms with van der Waals surface area (Å²) >= 11 is 0. The molecule has 0 aliphatic carbocycles. The first-order chi connectivity index (χ1) is 36.0. The summed E-state index contributed by atoms with van der Waals surface area (Å²) in [6.07, 6.45) is 69.5. The first-order valence-electron chi connectivity index (χ1n) is 31.7. The molecular formula is C64H122NO8P. The Kier molecular flexibility index (Phi) is 54.6. The Bertz CT molecular complexity index is 1340. The van der Waals surface area contributed by atoms with Crippen LogP contribution in [-0.2, 0) is 32.7 Å². The van der Waals surface area contributed by atoms with E-state index in [9.17, 15) is 19.0 Å². The topological polar surface area (TPSA) is 111 Å². The van der Waals surface area contributed by atoms with Crippen molar-refractivity contribution in [3.8, 4) is 0 Å². The van der Waals surface area contributed by atoms with Gasteiger partial charge in [0, 0.05) is 12.8 Å². The minimum absolute atomic E-state index is 0.0334. The summed E-state index contributed by atoms with van der Waals surface area (Å²) < 4.78 is 34.1. The monoisotopic (exact) mass is 1060 g/mol. The van der Waals surface area contributed by atoms with Gasteiger partial charge in [-0.15, -0.1) is 0 Å². The van der Waals surface area contributed by atoms with Gasteiger partial charge in [-0.2, -0.15) is 0 Å². The number of carbonyl (C=O) groups excluding carboxylic acids is 2. The summed E-state index contributed by atoms with van der Waals surface area (Å²) in [5.74, 6) is -0.841. The number of carbonyl (C=O) groups is 2. The largest absolute Gasteiger partial charge is 0.756 e. The number of allylic oxidation sites excluding steroid dienone is 6. The molecule has 0 saturated carbocycles. The van der Waals surface area contributed by atoms with Crippen molar-refractivity contribution in [2.75, 3.05) is 47.5 Å². The Morgan fingerprint density at radius 2 is 0.770 bits per heavy atom. The van der Waals surface area contributed by atoms with Gasteiger partial charge in [0.1, 0.15) is 19.8 Å². The zero-order valence-electron chi connectivity index (χ0n) is 49.6. The van der Waals surface area contributed by atoms with Gasteiger partial charge in [-0.25, -0.2) is 0 Å². The number of hydrogen-bond donors (Lipinski definition) is 0. The van der Waals surface area contributed by atoms with Gasteiger partial charge in [0.05, 0.1) is 27.7 Å². The molecule has 0 fully saturated rings. The maximum atomic E-state index is 12.8. The predicted molar refractivity (Wildman–Crippen MR) is 314 cm³/mol. The molecule has 0 N–H and O–H groups in total. The second-order valence-corrected chi connectivity index (χ2v) is 24.2. The van der Waals surface area contributed by atoms with Gasteiger partial charge in [0.15, 0.2) is 6.10 Å². The van der Waals surface area contributed by atoms with E-state index in [2.05, 4.69) is 50.3 Å². The molecule has 9 nitrogen and oxygen atoms in total. The van der Waals surface area contributed by atoms with Crippen LogP contribution >= 0.6 is 7.82 Å². The summed E-state index contributed by atoms with van der Waals surface area (Å²) in [4.78, 5) is 37.8. The van der Waals surface area contributed by atoms with Crippen molar-refractivity contribution in [3.63, 3.8) is 0 Å². The third kappa shape index (κ3) is 59.5. The van der Waals surface area contributed by atoms with Crippen molar-refractivity contribution in [1.29, 1.82) is 0 Å². The van der Waals surface area contributed by atoms with E-state index in [-0.39, 0.29) is 32.0 Å². The van der Waals surface area contributed by atoms with Gasteiger partial charge < -0.3 is 27.9 Å². The highest BCUT2D eigenvalue weighted by atomic mass is 31.2. The van der Waals surface area contributed by atoms with E-state index in [4.69, 9.17) is 18.5 Å². The summed E-state index contributed by atoms with van der Waals surface area (Å²) in [6.45, 7) is 4.15. The van der Waals surface area contributed by atoms with Crippen LogP contribution in [0.1, 0.15) is 309 Å². The smallest absolute Gasteiger partial charge is 0.306 e. The van der Waals surface area contributed by atoms with Crippen LogP contribution in [0.15, 0.2) is 36.5 Å². The summed E-state index contributed by atoms with van der Waals surface area (Å²) in [7, 11) is 1.16. The molecule has 0 aliphatic heterocycles. The van der Waals surface area contributed by atoms with Crippen LogP contribution in [0.25, 0.3) is 0 Å². The van der Waals surface area contributed by atoms with Crippen LogP contribution in [0, 0.1) is 0 Å². The molecule has 0 aromatic heterocycles. The van der Waals surface area contributed by atoms with Crippen LogP contribution in [0.4, 0.5) is 0 Å². The fraction of sp³-hybridized carbons (Fsp3) is 0.875. The van der Waals surface area contributed by atoms with E-state index in [1.165, 1.54) is 205 Å². The average molecular weight is 1060 g/mol. The van der Waals surface area contributed by atoms with Crippen molar-refractivity contribution in [3.05, 3.63) is 36.5 Å². The highest BCUT2D eigenvalue weighted by molar-refractivity contribution is 7.45. The Labute approximate surface area is 459 Å². The Morgan fingerprint density at radius 1 is 0.432 bits per heavy atom. The lowest BCUT2D eigenvalue weighted by atomic mass is 10.0. The second kappa shape index (κ2) is 56.0. The van der Waals surface area contributed by atoms with E-state index < -0.39 is 26.5 Å². The third-order valence-corrected chi connectivity index (χ3v) is 15.1. The van der Waals surface area contributed by atoms with Crippen molar-refractivity contribution in [1.82, 2.24) is 0 Å². The molecular weight excluding hydrogens is 942 g/mol. The maximum Gasteiger partial charge on any atom is 0.306 e. The van der Waals surface area contributed by atoms with Gasteiger partial charge in [0.25, 0.3) is 7.82 Å². The molecule has 0 spiro atoms. The van der Waals surface area contributed by atoms with E-state index in [1.54, 1.807) is 0 Å². The highest BCUT2D eigenvalue weighted by Crippen LogP contribution is 2.38. The minimum Gasteiger partial charge on any atom is -0.756 e. The van der Waals surface area contributed by atoms with E-state index >= 15 is 0 Å². The Balaban J connectivity index is 3.91. The molecule has 0 aliphatic rings. The SMILES string of the molecule is CC/C=C\C/C=C\C/C=C\CCCCCCCC(=O)OC(COC(=O)CCCCCCCCCCCCCCCCCCCCCCCCCCCCCCCCCCCCC)COP(=O)([O-])OCC[N+](C)(C)C. The zero-order chi connectivity index (χ0) is 54.2. The normalized spacial score (nSPS) is 13.4. The number of likely N-dealkylation sites (N-methyl/N-ethyl adjacent to an activating group) is 1. The molecule has 0 amide bonds. The van der Waals surface area contributed by atoms with Gasteiger partial charge in [0.2, 0.25) is 0 Å². The standard InChI is InChI=1S/C64H122NO8P/c1-6-8-10-12-14-16-18-20-22-23-24-25-26-27-28-29-30-31-32-33-34-35-36-37-38-39-40-41-43-44-46-48-50-52-54-56-63(66)70-60-62(61-72-74(68,69)71-59-58-65(3,4)5)73-64(67)57-55-53-51-49-47-45-42-21-19-17-15-13-11-9-7-2/h9,11,15,17,21,42,62H,6-8,10,12-14,16,18-20,22-41,43-61H2,1-5H3/b11-9-,17-15-,42-21-. The second-order valence-electron chi connectivity index (χ2n) is 22.8. The zero-order valence-corrected chi connectivity index (χ0v) is 50.5. The molecule has 0 aromatic carbocycles. The molecule has 2 unspecified atom stereocenters. The number of unbranched alkanes of at least 4 members (excludes halogenated alkanes) is 39. The van der Waals surface area contributed by atoms with Crippen LogP contribution in [0.2, 0.25) is 0 Å². The van der Waals surface area contributed by atoms with Crippen molar-refractivity contribution < 1.29 is 42.1 Å². The molecule has 0 saturated heterocycles. The molecule has 436 valence electrons. The minimum atomic E-state index is -4.64. The molecule has 0 rings (SSSR count). The fourth-order valence-electron chi connectivity index (χ4n) is 9.32. The van der Waals surface area contributed by atoms with Crippen molar-refractivity contribution in [2.45, 2.75) is 315 Å². The van der Waals surface area contributed by atoms with E-state index in [0.717, 1.165) is 70.6 Å². The number of phosphoric ester groups is 1. The maximum absolute atomic E-state index is 12.8. The molecule has 0 heterocycles. The molecule has 2 atom stereocenters. The summed E-state index contributed by atoms with van der Waals surface area (Å²) in [6, 6.07) is 0. The number of ether oxygens (including phenoxy) is 2. The summed E-state index contributed by atoms with van der Waals surface area (Å²) in [5, 5.41) is 0. The Hall–Kier alpha value is -1.77. The van der Waals surface area contributed by atoms with Gasteiger partial charge in [-0.3, -0.25) is 14.2 Å². The third-order valence-electron chi connectivity index (χ3n) is 14.2. The molecule has 10 heteroatoms. The average Bonchev–Trinajstić information content (AvgIpc) is 3.36. The fourth-order valence-corrected chi connectivity index (χ4v) is 10.1. The number of esters is 2. The molecule has 0 radical (unpaired) electrons. The first kappa shape index (κ1) is 72.2. The van der Waals surface area contributed by atoms with Gasteiger partial charge >= 0.3 is 11.9 Å². The lowest BCUT2D eigenvalue weighted by Gasteiger charge is -2.28. The highest BCUT2D eigenvalue weighted by Gasteiger charge is 2.22. The van der Waals surface area contributed by atoms with Crippen LogP contribution < -0.4 is 4.89 Å². The number of phosphoric acid groups is 1. The quantitative estimate of drug-likeness (QED) is 0.0195. The lowest BCUT2D eigenvalue weighted by molar-refractivity contribution is -0.870. The first-order valence-corrected chi connectivity index (χ1v) is 33.2. The number of hydrogen-bond acceptors (Lipinski definition) is 8. The number of rotatable bonds is 59. The van der Waals surface area contributed by atoms with Crippen molar-refractivity contribution >= 4 is 19.8 Å². The van der Waals surface area contributed by atoms with Gasteiger partial charge in [-0.05, 0) is 44.9 Å². The molecule has 0 aromatic rings. The van der Waals surface area contributed by atoms with E-state index in [0.29, 0.717) is 17.4 Å².